The van der Waals surface area contributed by atoms with E-state index in [1.807, 2.05) is 24.3 Å². The molecule has 0 aliphatic carbocycles. The van der Waals surface area contributed by atoms with Gasteiger partial charge in [-0.25, -0.2) is 8.42 Å². The van der Waals surface area contributed by atoms with Crippen LogP contribution in [0.1, 0.15) is 25.3 Å². The minimum absolute atomic E-state index is 0.178. The molecule has 0 aliphatic rings. The Labute approximate surface area is 122 Å². The number of nitrogens with one attached hydrogen (secondary N) is 1. The molecule has 20 heavy (non-hydrogen) atoms. The summed E-state index contributed by atoms with van der Waals surface area (Å²) in [4.78, 5) is 0. The van der Waals surface area contributed by atoms with Gasteiger partial charge in [-0.15, -0.1) is 0 Å². The molecular weight excluding hydrogens is 274 g/mol. The van der Waals surface area contributed by atoms with Crippen molar-refractivity contribution in [3.05, 3.63) is 29.8 Å². The van der Waals surface area contributed by atoms with Crippen LogP contribution in [-0.4, -0.2) is 40.1 Å². The number of sulfone groups is 1. The molecule has 0 radical (unpaired) electrons. The summed E-state index contributed by atoms with van der Waals surface area (Å²) in [7, 11) is -1.27. The lowest BCUT2D eigenvalue weighted by atomic mass is 10.0. The van der Waals surface area contributed by atoms with Crippen molar-refractivity contribution >= 4 is 9.84 Å². The third kappa shape index (κ3) is 6.91. The van der Waals surface area contributed by atoms with Gasteiger partial charge in [0.05, 0.1) is 12.9 Å². The van der Waals surface area contributed by atoms with Crippen LogP contribution in [0.25, 0.3) is 0 Å². The molecule has 0 spiro atoms. The molecule has 5 heteroatoms. The molecule has 4 nitrogen and oxygen atoms in total. The largest absolute Gasteiger partial charge is 0.497 e. The highest BCUT2D eigenvalue weighted by atomic mass is 32.2. The first-order valence-electron chi connectivity index (χ1n) is 6.98. The zero-order valence-corrected chi connectivity index (χ0v) is 13.4. The maximum atomic E-state index is 11.3. The fraction of sp³-hybridized carbons (Fsp3) is 0.600. The highest BCUT2D eigenvalue weighted by Gasteiger charge is 2.12. The van der Waals surface area contributed by atoms with Crippen LogP contribution < -0.4 is 10.1 Å². The fourth-order valence-electron chi connectivity index (χ4n) is 2.07. The minimum Gasteiger partial charge on any atom is -0.497 e. The zero-order valence-electron chi connectivity index (χ0n) is 12.6. The lowest BCUT2D eigenvalue weighted by Crippen LogP contribution is -2.33. The summed E-state index contributed by atoms with van der Waals surface area (Å²) in [6.07, 6.45) is 3.77. The van der Waals surface area contributed by atoms with Crippen molar-refractivity contribution in [2.24, 2.45) is 0 Å². The summed E-state index contributed by atoms with van der Waals surface area (Å²) in [5.41, 5.74) is 1.16. The molecule has 1 rings (SSSR count). The van der Waals surface area contributed by atoms with Gasteiger partial charge in [0.15, 0.2) is 0 Å². The zero-order chi connectivity index (χ0) is 15.0. The SMILES string of the molecule is CCCNC(CCS(C)(=O)=O)Cc1cccc(OC)c1. The van der Waals surface area contributed by atoms with Crippen molar-refractivity contribution in [1.29, 1.82) is 0 Å². The van der Waals surface area contributed by atoms with Gasteiger partial charge >= 0.3 is 0 Å². The Morgan fingerprint density at radius 1 is 1.35 bits per heavy atom. The molecule has 0 saturated carbocycles. The Kier molecular flexibility index (Phi) is 7.02. The molecule has 0 amide bonds. The van der Waals surface area contributed by atoms with Crippen LogP contribution in [0.15, 0.2) is 24.3 Å². The number of methoxy groups -OCH3 is 1. The molecule has 0 aliphatic heterocycles. The molecule has 0 bridgehead atoms. The summed E-state index contributed by atoms with van der Waals surface area (Å²) in [5.74, 6) is 1.05. The van der Waals surface area contributed by atoms with Gasteiger partial charge in [0.25, 0.3) is 0 Å². The second kappa shape index (κ2) is 8.27. The smallest absolute Gasteiger partial charge is 0.147 e. The van der Waals surface area contributed by atoms with Crippen LogP contribution in [-0.2, 0) is 16.3 Å². The molecule has 1 unspecified atom stereocenters. The van der Waals surface area contributed by atoms with E-state index in [2.05, 4.69) is 12.2 Å². The molecule has 1 N–H and O–H groups in total. The Morgan fingerprint density at radius 2 is 2.10 bits per heavy atom. The molecule has 114 valence electrons. The predicted octanol–water partition coefficient (Wildman–Crippen LogP) is 2.04. The van der Waals surface area contributed by atoms with Gasteiger partial charge in [-0.05, 0) is 43.5 Å². The highest BCUT2D eigenvalue weighted by Crippen LogP contribution is 2.15. The molecule has 0 aromatic heterocycles. The van der Waals surface area contributed by atoms with Gasteiger partial charge in [-0.3, -0.25) is 0 Å². The van der Waals surface area contributed by atoms with Gasteiger partial charge in [-0.1, -0.05) is 19.1 Å². The summed E-state index contributed by atoms with van der Waals surface area (Å²) in [6, 6.07) is 8.09. The number of ether oxygens (including phenoxy) is 1. The lowest BCUT2D eigenvalue weighted by Gasteiger charge is -2.18. The number of rotatable bonds is 9. The first-order chi connectivity index (χ1) is 9.44. The first-order valence-corrected chi connectivity index (χ1v) is 9.04. The van der Waals surface area contributed by atoms with Crippen LogP contribution >= 0.6 is 0 Å². The third-order valence-electron chi connectivity index (χ3n) is 3.14. The topological polar surface area (TPSA) is 55.4 Å². The second-order valence-electron chi connectivity index (χ2n) is 5.13. The van der Waals surface area contributed by atoms with Crippen LogP contribution in [0, 0.1) is 0 Å². The molecule has 1 atom stereocenters. The van der Waals surface area contributed by atoms with E-state index in [0.717, 1.165) is 30.7 Å². The van der Waals surface area contributed by atoms with Crippen molar-refractivity contribution in [3.8, 4) is 5.75 Å². The Morgan fingerprint density at radius 3 is 2.70 bits per heavy atom. The van der Waals surface area contributed by atoms with E-state index in [4.69, 9.17) is 4.74 Å². The molecule has 0 heterocycles. The molecular formula is C15H25NO3S. The summed E-state index contributed by atoms with van der Waals surface area (Å²) >= 11 is 0. The van der Waals surface area contributed by atoms with Crippen LogP contribution in [0.2, 0.25) is 0 Å². The third-order valence-corrected chi connectivity index (χ3v) is 4.11. The Hall–Kier alpha value is -1.07. The van der Waals surface area contributed by atoms with Crippen LogP contribution in [0.4, 0.5) is 0 Å². The highest BCUT2D eigenvalue weighted by molar-refractivity contribution is 7.90. The lowest BCUT2D eigenvalue weighted by molar-refractivity contribution is 0.413. The van der Waals surface area contributed by atoms with E-state index in [9.17, 15) is 8.42 Å². The van der Waals surface area contributed by atoms with E-state index >= 15 is 0 Å². The minimum atomic E-state index is -2.91. The molecule has 0 fully saturated rings. The fourth-order valence-corrected chi connectivity index (χ4v) is 2.78. The molecule has 1 aromatic rings. The van der Waals surface area contributed by atoms with Gasteiger partial charge in [-0.2, -0.15) is 0 Å². The van der Waals surface area contributed by atoms with Gasteiger partial charge in [0.1, 0.15) is 15.6 Å². The quantitative estimate of drug-likeness (QED) is 0.758. The number of hydrogen-bond acceptors (Lipinski definition) is 4. The second-order valence-corrected chi connectivity index (χ2v) is 7.39. The summed E-state index contributed by atoms with van der Waals surface area (Å²) < 4.78 is 27.8. The van der Waals surface area contributed by atoms with Gasteiger partial charge in [0.2, 0.25) is 0 Å². The van der Waals surface area contributed by atoms with E-state index in [0.29, 0.717) is 6.42 Å². The standard InChI is InChI=1S/C15H25NO3S/c1-4-9-16-14(8-10-20(3,17)18)11-13-6-5-7-15(12-13)19-2/h5-7,12,14,16H,4,8-11H2,1-3H3. The van der Waals surface area contributed by atoms with Crippen molar-refractivity contribution in [2.45, 2.75) is 32.2 Å². The van der Waals surface area contributed by atoms with E-state index in [1.165, 1.54) is 6.26 Å². The normalized spacial score (nSPS) is 13.2. The average Bonchev–Trinajstić information content (AvgIpc) is 2.41. The van der Waals surface area contributed by atoms with E-state index in [1.54, 1.807) is 7.11 Å². The maximum Gasteiger partial charge on any atom is 0.147 e. The van der Waals surface area contributed by atoms with E-state index in [-0.39, 0.29) is 11.8 Å². The monoisotopic (exact) mass is 299 g/mol. The maximum absolute atomic E-state index is 11.3. The van der Waals surface area contributed by atoms with Crippen molar-refractivity contribution < 1.29 is 13.2 Å². The predicted molar refractivity (Wildman–Crippen MR) is 83.1 cm³/mol. The van der Waals surface area contributed by atoms with Gasteiger partial charge in [0, 0.05) is 12.3 Å². The van der Waals surface area contributed by atoms with Crippen molar-refractivity contribution in [1.82, 2.24) is 5.32 Å². The van der Waals surface area contributed by atoms with Gasteiger partial charge < -0.3 is 10.1 Å². The number of hydrogen-bond donors (Lipinski definition) is 1. The number of benzene rings is 1. The Balaban J connectivity index is 2.67. The molecule has 0 saturated heterocycles. The summed E-state index contributed by atoms with van der Waals surface area (Å²) in [6.45, 7) is 3.00. The average molecular weight is 299 g/mol. The summed E-state index contributed by atoms with van der Waals surface area (Å²) in [5, 5.41) is 3.42. The first kappa shape index (κ1) is 17.0. The van der Waals surface area contributed by atoms with Crippen molar-refractivity contribution in [2.75, 3.05) is 25.7 Å². The van der Waals surface area contributed by atoms with Crippen molar-refractivity contribution in [3.63, 3.8) is 0 Å². The van der Waals surface area contributed by atoms with Crippen LogP contribution in [0.5, 0.6) is 5.75 Å². The van der Waals surface area contributed by atoms with E-state index < -0.39 is 9.84 Å². The Bertz CT molecular complexity index is 500. The molecule has 1 aromatic carbocycles. The van der Waals surface area contributed by atoms with Crippen LogP contribution in [0.3, 0.4) is 0 Å².